The fourth-order valence-corrected chi connectivity index (χ4v) is 12.1. The van der Waals surface area contributed by atoms with E-state index in [4.69, 9.17) is 27.8 Å². The third-order valence-electron chi connectivity index (χ3n) is 13.4. The predicted octanol–water partition coefficient (Wildman–Crippen LogP) is 10.7. The van der Waals surface area contributed by atoms with Crippen molar-refractivity contribution in [2.75, 3.05) is 20.3 Å². The van der Waals surface area contributed by atoms with E-state index in [1.165, 1.54) is 30.8 Å². The molecule has 7 nitrogen and oxygen atoms in total. The molecule has 3 heterocycles. The summed E-state index contributed by atoms with van der Waals surface area (Å²) >= 11 is 0. The molecule has 9 heteroatoms. The fraction of sp³-hybridized carbons (Fsp3) is 0.881. The normalized spacial score (nSPS) is 31.3. The van der Waals surface area contributed by atoms with Gasteiger partial charge >= 0.3 is 5.97 Å². The van der Waals surface area contributed by atoms with Crippen LogP contribution in [0.3, 0.4) is 0 Å². The molecule has 0 amide bonds. The second-order valence-electron chi connectivity index (χ2n) is 18.0. The van der Waals surface area contributed by atoms with E-state index in [9.17, 15) is 4.79 Å². The van der Waals surface area contributed by atoms with Crippen LogP contribution in [0.5, 0.6) is 0 Å². The average Bonchev–Trinajstić information content (AvgIpc) is 3.58. The number of carbonyl (C=O) groups excluding carboxylic acids is 1. The van der Waals surface area contributed by atoms with Crippen molar-refractivity contribution in [2.45, 2.75) is 193 Å². The van der Waals surface area contributed by atoms with Crippen LogP contribution in [0, 0.1) is 23.7 Å². The second-order valence-corrected chi connectivity index (χ2v) is 27.6. The molecule has 0 aromatic rings. The van der Waals surface area contributed by atoms with Gasteiger partial charge in [-0.1, -0.05) is 75.5 Å². The number of hydrogen-bond donors (Lipinski definition) is 0. The zero-order valence-electron chi connectivity index (χ0n) is 34.9. The van der Waals surface area contributed by atoms with Gasteiger partial charge in [-0.25, -0.2) is 0 Å². The Kier molecular flexibility index (Phi) is 17.2. The lowest BCUT2D eigenvalue weighted by Gasteiger charge is -2.38. The highest BCUT2D eigenvalue weighted by Crippen LogP contribution is 2.44. The van der Waals surface area contributed by atoms with E-state index in [0.717, 1.165) is 63.7 Å². The SMILES string of the molecule is C=C1C[C@H](CCCO[Si](CC)(CC)CC)O[C@H]1CC[C@H]1C[C@@H](C)C(=C)[C@@H](C[C@@H]2O[C@H](C[C@H](C)CO[Si](C)(C)C(C)(C)C)[C@H](C)[C@H]2CC(=O)OC)O1. The van der Waals surface area contributed by atoms with Crippen LogP contribution in [0.15, 0.2) is 24.3 Å². The predicted molar refractivity (Wildman–Crippen MR) is 215 cm³/mol. The molecule has 10 atom stereocenters. The topological polar surface area (TPSA) is 72.5 Å². The number of hydrogen-bond acceptors (Lipinski definition) is 7. The highest BCUT2D eigenvalue weighted by atomic mass is 28.4. The first-order valence-corrected chi connectivity index (χ1v) is 26.0. The molecule has 0 bridgehead atoms. The van der Waals surface area contributed by atoms with Crippen molar-refractivity contribution in [1.29, 1.82) is 0 Å². The van der Waals surface area contributed by atoms with Crippen molar-refractivity contribution in [3.8, 4) is 0 Å². The molecule has 0 aliphatic carbocycles. The van der Waals surface area contributed by atoms with Crippen LogP contribution < -0.4 is 0 Å². The van der Waals surface area contributed by atoms with Crippen LogP contribution in [0.25, 0.3) is 0 Å². The zero-order valence-corrected chi connectivity index (χ0v) is 36.9. The largest absolute Gasteiger partial charge is 0.469 e. The van der Waals surface area contributed by atoms with Gasteiger partial charge in [0.15, 0.2) is 16.6 Å². The first kappa shape index (κ1) is 44.6. The Labute approximate surface area is 315 Å². The summed E-state index contributed by atoms with van der Waals surface area (Å²) in [6, 6.07) is 3.59. The lowest BCUT2D eigenvalue weighted by Crippen LogP contribution is -2.42. The van der Waals surface area contributed by atoms with Crippen molar-refractivity contribution >= 4 is 22.6 Å². The second kappa shape index (κ2) is 19.7. The Morgan fingerprint density at radius 1 is 0.922 bits per heavy atom. The molecule has 3 fully saturated rings. The van der Waals surface area contributed by atoms with Crippen molar-refractivity contribution in [3.63, 3.8) is 0 Å². The Bertz CT molecular complexity index is 1110. The Morgan fingerprint density at radius 2 is 1.57 bits per heavy atom. The minimum Gasteiger partial charge on any atom is -0.469 e. The quantitative estimate of drug-likeness (QED) is 0.0531. The van der Waals surface area contributed by atoms with Crippen LogP contribution in [0.4, 0.5) is 0 Å². The first-order chi connectivity index (χ1) is 23.9. The maximum absolute atomic E-state index is 12.6. The van der Waals surface area contributed by atoms with Gasteiger partial charge in [0, 0.05) is 25.6 Å². The van der Waals surface area contributed by atoms with E-state index in [-0.39, 0.29) is 59.5 Å². The van der Waals surface area contributed by atoms with E-state index in [0.29, 0.717) is 24.7 Å². The van der Waals surface area contributed by atoms with Gasteiger partial charge in [-0.2, -0.15) is 0 Å². The summed E-state index contributed by atoms with van der Waals surface area (Å²) in [5.74, 6) is 0.851. The Morgan fingerprint density at radius 3 is 2.18 bits per heavy atom. The summed E-state index contributed by atoms with van der Waals surface area (Å²) in [5, 5.41) is 0.181. The molecular weight excluding hydrogens is 673 g/mol. The van der Waals surface area contributed by atoms with Gasteiger partial charge in [0.05, 0.1) is 50.2 Å². The van der Waals surface area contributed by atoms with Crippen LogP contribution in [-0.2, 0) is 32.6 Å². The van der Waals surface area contributed by atoms with Crippen molar-refractivity contribution in [3.05, 3.63) is 24.3 Å². The summed E-state index contributed by atoms with van der Waals surface area (Å²) < 4.78 is 38.4. The number of ether oxygens (including phenoxy) is 4. The molecule has 3 saturated heterocycles. The third kappa shape index (κ3) is 12.3. The molecule has 0 aromatic carbocycles. The van der Waals surface area contributed by atoms with Gasteiger partial charge < -0.3 is 27.8 Å². The minimum atomic E-state index is -1.83. The number of rotatable bonds is 20. The summed E-state index contributed by atoms with van der Waals surface area (Å²) in [7, 11) is -1.88. The fourth-order valence-electron chi connectivity index (χ4n) is 8.27. The molecule has 0 spiro atoms. The monoisotopic (exact) mass is 751 g/mol. The van der Waals surface area contributed by atoms with Crippen LogP contribution in [-0.4, -0.2) is 79.6 Å². The van der Waals surface area contributed by atoms with Gasteiger partial charge in [0.25, 0.3) is 0 Å². The molecule has 0 saturated carbocycles. The summed E-state index contributed by atoms with van der Waals surface area (Å²) in [4.78, 5) is 12.6. The smallest absolute Gasteiger partial charge is 0.305 e. The first-order valence-electron chi connectivity index (χ1n) is 20.6. The van der Waals surface area contributed by atoms with Crippen LogP contribution >= 0.6 is 0 Å². The van der Waals surface area contributed by atoms with Crippen LogP contribution in [0.1, 0.15) is 120 Å². The maximum atomic E-state index is 12.6. The highest BCUT2D eigenvalue weighted by molar-refractivity contribution is 6.74. The van der Waals surface area contributed by atoms with Crippen molar-refractivity contribution in [2.24, 2.45) is 23.7 Å². The van der Waals surface area contributed by atoms with Gasteiger partial charge in [-0.05, 0) is 110 Å². The zero-order chi connectivity index (χ0) is 38.1. The molecule has 0 N–H and O–H groups in total. The third-order valence-corrected chi connectivity index (χ3v) is 22.6. The molecule has 51 heavy (non-hydrogen) atoms. The Balaban J connectivity index is 1.55. The van der Waals surface area contributed by atoms with E-state index in [1.54, 1.807) is 0 Å². The molecule has 0 radical (unpaired) electrons. The lowest BCUT2D eigenvalue weighted by atomic mass is 9.79. The number of methoxy groups -OCH3 is 1. The van der Waals surface area contributed by atoms with E-state index >= 15 is 0 Å². The standard InChI is InChI=1S/C42H78O7Si2/c1-15-51(16-2,17-3)45-22-18-19-34-25-31(6)37(47-34)21-20-35-24-30(5)32(7)39(48-35)27-40-36(26-41(43)44-12)33(8)38(49-40)23-29(4)28-46-50(13,14)42(9,10)11/h29-30,33-40H,6-7,15-28H2,1-5,8-14H3/t29-,30+,33+,34-,35-,36+,37-,38+,39+,40-/m0/s1. The van der Waals surface area contributed by atoms with E-state index in [1.807, 2.05) is 0 Å². The van der Waals surface area contributed by atoms with Gasteiger partial charge in [-0.3, -0.25) is 4.79 Å². The van der Waals surface area contributed by atoms with Gasteiger partial charge in [-0.15, -0.1) is 0 Å². The summed E-state index contributed by atoms with van der Waals surface area (Å²) in [5.41, 5.74) is 2.36. The van der Waals surface area contributed by atoms with E-state index in [2.05, 4.69) is 88.6 Å². The molecule has 0 aromatic heterocycles. The van der Waals surface area contributed by atoms with Crippen molar-refractivity contribution < 1.29 is 32.6 Å². The Hall–Kier alpha value is -0.816. The number of carbonyl (C=O) groups is 1. The van der Waals surface area contributed by atoms with Crippen LogP contribution in [0.2, 0.25) is 36.3 Å². The maximum Gasteiger partial charge on any atom is 0.305 e. The van der Waals surface area contributed by atoms with Gasteiger partial charge in [0.2, 0.25) is 0 Å². The molecule has 296 valence electrons. The highest BCUT2D eigenvalue weighted by Gasteiger charge is 2.46. The summed E-state index contributed by atoms with van der Waals surface area (Å²) in [6.45, 7) is 35.6. The van der Waals surface area contributed by atoms with E-state index < -0.39 is 16.6 Å². The lowest BCUT2D eigenvalue weighted by molar-refractivity contribution is -0.142. The summed E-state index contributed by atoms with van der Waals surface area (Å²) in [6.07, 6.45) is 8.20. The minimum absolute atomic E-state index is 0.0624. The molecule has 3 aliphatic heterocycles. The molecule has 0 unspecified atom stereocenters. The molecular formula is C42H78O7Si2. The molecule has 3 aliphatic rings. The average molecular weight is 751 g/mol. The van der Waals surface area contributed by atoms with Crippen molar-refractivity contribution in [1.82, 2.24) is 0 Å². The molecule has 3 rings (SSSR count). The number of esters is 1. The van der Waals surface area contributed by atoms with Gasteiger partial charge in [0.1, 0.15) is 0 Å².